The first-order valence-electron chi connectivity index (χ1n) is 11.0. The number of benzene rings is 3. The Morgan fingerprint density at radius 3 is 2.39 bits per heavy atom. The number of nitrogens with one attached hydrogen (secondary N) is 1. The second-order valence-corrected chi connectivity index (χ2v) is 9.72. The largest absolute Gasteiger partial charge is 0.369 e. The molecule has 1 aliphatic rings. The van der Waals surface area contributed by atoms with E-state index < -0.39 is 10.0 Å². The van der Waals surface area contributed by atoms with E-state index in [9.17, 15) is 12.8 Å². The molecule has 9 heteroatoms. The Labute approximate surface area is 193 Å². The Kier molecular flexibility index (Phi) is 7.10. The van der Waals surface area contributed by atoms with Crippen molar-refractivity contribution in [2.45, 2.75) is 11.3 Å². The molecule has 0 atom stereocenters. The van der Waals surface area contributed by atoms with Crippen LogP contribution >= 0.6 is 0 Å². The molecule has 1 saturated heterocycles. The van der Waals surface area contributed by atoms with E-state index in [2.05, 4.69) is 19.5 Å². The zero-order chi connectivity index (χ0) is 23.3. The first kappa shape index (κ1) is 23.0. The van der Waals surface area contributed by atoms with Gasteiger partial charge in [0.1, 0.15) is 5.82 Å². The molecule has 0 unspecified atom stereocenters. The van der Waals surface area contributed by atoms with E-state index >= 15 is 0 Å². The van der Waals surface area contributed by atoms with Gasteiger partial charge in [0.05, 0.1) is 4.90 Å². The van der Waals surface area contributed by atoms with Crippen LogP contribution in [0.2, 0.25) is 0 Å². The van der Waals surface area contributed by atoms with Gasteiger partial charge in [-0.1, -0.05) is 30.3 Å². The average molecular weight is 470 g/mol. The number of nitrogens with two attached hydrogens (primary N) is 1. The summed E-state index contributed by atoms with van der Waals surface area (Å²) in [4.78, 5) is 8.92. The Morgan fingerprint density at radius 2 is 1.67 bits per heavy atom. The van der Waals surface area contributed by atoms with Crippen molar-refractivity contribution >= 4 is 32.4 Å². The van der Waals surface area contributed by atoms with Crippen molar-refractivity contribution in [3.63, 3.8) is 0 Å². The maximum atomic E-state index is 13.1. The summed E-state index contributed by atoms with van der Waals surface area (Å²) in [6.07, 6.45) is 0.773. The Morgan fingerprint density at radius 1 is 0.970 bits per heavy atom. The summed E-state index contributed by atoms with van der Waals surface area (Å²) in [7, 11) is -3.79. The minimum Gasteiger partial charge on any atom is -0.369 e. The minimum absolute atomic E-state index is 0.107. The molecular formula is C24H28FN5O2S. The number of rotatable bonds is 7. The molecule has 174 valence electrons. The topological polar surface area (TPSA) is 91.0 Å². The average Bonchev–Trinajstić information content (AvgIpc) is 2.82. The van der Waals surface area contributed by atoms with E-state index in [0.717, 1.165) is 55.6 Å². The molecule has 0 amide bonds. The van der Waals surface area contributed by atoms with Gasteiger partial charge in [0, 0.05) is 45.0 Å². The fourth-order valence-electron chi connectivity index (χ4n) is 3.94. The third-order valence-electron chi connectivity index (χ3n) is 5.75. The van der Waals surface area contributed by atoms with E-state index in [0.29, 0.717) is 6.54 Å². The smallest absolute Gasteiger partial charge is 0.264 e. The standard InChI is InChI=1S/C24H28FN5O2S/c25-21-7-9-22(10-8-21)30-16-14-29(15-17-30)13-3-12-27-24(26)28-33(31,32)23-11-6-19-4-1-2-5-20(19)18-23/h1-2,4-11,18H,3,12-17H2,(H3,26,27,28). The van der Waals surface area contributed by atoms with E-state index in [1.54, 1.807) is 30.3 Å². The summed E-state index contributed by atoms with van der Waals surface area (Å²) >= 11 is 0. The van der Waals surface area contributed by atoms with Crippen LogP contribution in [0.15, 0.2) is 76.6 Å². The van der Waals surface area contributed by atoms with Crippen molar-refractivity contribution in [2.75, 3.05) is 44.2 Å². The van der Waals surface area contributed by atoms with Gasteiger partial charge in [-0.2, -0.15) is 0 Å². The lowest BCUT2D eigenvalue weighted by atomic mass is 10.1. The second kappa shape index (κ2) is 10.2. The van der Waals surface area contributed by atoms with Crippen molar-refractivity contribution in [3.8, 4) is 0 Å². The molecule has 0 spiro atoms. The monoisotopic (exact) mass is 469 g/mol. The molecule has 3 aromatic carbocycles. The minimum atomic E-state index is -3.79. The normalized spacial score (nSPS) is 15.7. The zero-order valence-electron chi connectivity index (χ0n) is 18.3. The molecule has 7 nitrogen and oxygen atoms in total. The van der Waals surface area contributed by atoms with Crippen LogP contribution < -0.4 is 15.4 Å². The summed E-state index contributed by atoms with van der Waals surface area (Å²) in [5.74, 6) is -0.332. The molecule has 0 aliphatic carbocycles. The van der Waals surface area contributed by atoms with Crippen molar-refractivity contribution in [1.82, 2.24) is 9.62 Å². The van der Waals surface area contributed by atoms with Crippen LogP contribution in [0.4, 0.5) is 10.1 Å². The predicted molar refractivity (Wildman–Crippen MR) is 130 cm³/mol. The number of piperazine rings is 1. The van der Waals surface area contributed by atoms with Crippen LogP contribution in [0.25, 0.3) is 10.8 Å². The van der Waals surface area contributed by atoms with Crippen molar-refractivity contribution in [1.29, 1.82) is 0 Å². The quantitative estimate of drug-likeness (QED) is 0.316. The van der Waals surface area contributed by atoms with E-state index in [4.69, 9.17) is 5.73 Å². The second-order valence-electron chi connectivity index (χ2n) is 8.04. The number of nitrogens with zero attached hydrogens (tertiary/aromatic N) is 3. The molecule has 1 fully saturated rings. The Bertz CT molecular complexity index is 1220. The maximum Gasteiger partial charge on any atom is 0.264 e. The first-order valence-corrected chi connectivity index (χ1v) is 12.4. The molecule has 0 radical (unpaired) electrons. The third-order valence-corrected chi connectivity index (χ3v) is 7.10. The molecule has 0 saturated carbocycles. The number of guanidine groups is 1. The molecular weight excluding hydrogens is 441 g/mol. The molecule has 1 aliphatic heterocycles. The van der Waals surface area contributed by atoms with Gasteiger partial charge in [0.15, 0.2) is 0 Å². The lowest BCUT2D eigenvalue weighted by Crippen LogP contribution is -2.46. The van der Waals surface area contributed by atoms with Crippen LogP contribution in [-0.4, -0.2) is 58.5 Å². The maximum absolute atomic E-state index is 13.1. The van der Waals surface area contributed by atoms with Crippen molar-refractivity contribution in [2.24, 2.45) is 10.7 Å². The van der Waals surface area contributed by atoms with Gasteiger partial charge < -0.3 is 10.6 Å². The van der Waals surface area contributed by atoms with Crippen LogP contribution in [-0.2, 0) is 10.0 Å². The number of hydrogen-bond donors (Lipinski definition) is 2. The third kappa shape index (κ3) is 6.00. The summed E-state index contributed by atoms with van der Waals surface area (Å²) in [5.41, 5.74) is 6.87. The number of fused-ring (bicyclic) bond motifs is 1. The van der Waals surface area contributed by atoms with Gasteiger partial charge in [-0.3, -0.25) is 9.89 Å². The lowest BCUT2D eigenvalue weighted by Gasteiger charge is -2.36. The summed E-state index contributed by atoms with van der Waals surface area (Å²) in [6.45, 7) is 4.86. The van der Waals surface area contributed by atoms with E-state index in [1.165, 1.54) is 12.1 Å². The zero-order valence-corrected chi connectivity index (χ0v) is 19.1. The first-order chi connectivity index (χ1) is 15.9. The van der Waals surface area contributed by atoms with E-state index in [-0.39, 0.29) is 16.7 Å². The highest BCUT2D eigenvalue weighted by atomic mass is 32.2. The van der Waals surface area contributed by atoms with Crippen LogP contribution in [0.1, 0.15) is 6.42 Å². The van der Waals surface area contributed by atoms with Gasteiger partial charge in [0.2, 0.25) is 5.96 Å². The molecule has 1 heterocycles. The molecule has 0 aromatic heterocycles. The number of sulfonamides is 1. The van der Waals surface area contributed by atoms with Gasteiger partial charge in [0.25, 0.3) is 10.0 Å². The Balaban J connectivity index is 1.23. The summed E-state index contributed by atoms with van der Waals surface area (Å²) < 4.78 is 40.7. The van der Waals surface area contributed by atoms with Gasteiger partial charge in [-0.05, 0) is 53.6 Å². The highest BCUT2D eigenvalue weighted by Crippen LogP contribution is 2.19. The lowest BCUT2D eigenvalue weighted by molar-refractivity contribution is 0.256. The van der Waals surface area contributed by atoms with E-state index in [1.807, 2.05) is 24.3 Å². The van der Waals surface area contributed by atoms with Crippen LogP contribution in [0.5, 0.6) is 0 Å². The van der Waals surface area contributed by atoms with Crippen molar-refractivity contribution in [3.05, 3.63) is 72.5 Å². The fourth-order valence-corrected chi connectivity index (χ4v) is 4.93. The molecule has 3 N–H and O–H groups in total. The molecule has 4 rings (SSSR count). The SMILES string of the molecule is NC(=NCCCN1CCN(c2ccc(F)cc2)CC1)NS(=O)(=O)c1ccc2ccccc2c1. The fraction of sp³-hybridized carbons (Fsp3) is 0.292. The van der Waals surface area contributed by atoms with Crippen molar-refractivity contribution < 1.29 is 12.8 Å². The summed E-state index contributed by atoms with van der Waals surface area (Å²) in [6, 6.07) is 19.1. The number of anilines is 1. The number of halogens is 1. The van der Waals surface area contributed by atoms with Gasteiger partial charge in [-0.25, -0.2) is 17.5 Å². The molecule has 33 heavy (non-hydrogen) atoms. The molecule has 3 aromatic rings. The predicted octanol–water partition coefficient (Wildman–Crippen LogP) is 2.78. The number of hydrogen-bond acceptors (Lipinski definition) is 5. The highest BCUT2D eigenvalue weighted by Gasteiger charge is 2.17. The molecule has 0 bridgehead atoms. The summed E-state index contributed by atoms with van der Waals surface area (Å²) in [5, 5.41) is 1.81. The van der Waals surface area contributed by atoms with Crippen LogP contribution in [0.3, 0.4) is 0 Å². The Hall–Kier alpha value is -3.17. The van der Waals surface area contributed by atoms with Gasteiger partial charge in [-0.15, -0.1) is 0 Å². The van der Waals surface area contributed by atoms with Gasteiger partial charge >= 0.3 is 0 Å². The highest BCUT2D eigenvalue weighted by molar-refractivity contribution is 7.90. The van der Waals surface area contributed by atoms with Crippen LogP contribution in [0, 0.1) is 5.82 Å². The number of aliphatic imine (C=N–C) groups is 1.